The summed E-state index contributed by atoms with van der Waals surface area (Å²) in [6, 6.07) is 8.60. The fourth-order valence-corrected chi connectivity index (χ4v) is 2.47. The predicted molar refractivity (Wildman–Crippen MR) is 87.7 cm³/mol. The Bertz CT molecular complexity index is 598. The fraction of sp³-hybridized carbons (Fsp3) is 0.412. The van der Waals surface area contributed by atoms with E-state index in [2.05, 4.69) is 10.6 Å². The Kier molecular flexibility index (Phi) is 5.76. The summed E-state index contributed by atoms with van der Waals surface area (Å²) in [6.45, 7) is 5.35. The number of amides is 2. The molecule has 1 aliphatic heterocycles. The standard InChI is InChI=1S/C17H23N3O3/c1-4-20(3)11-13-14(16(21)23-5-2)15(19-17(22)18-13)12-9-7-6-8-10-12/h6-10,15H,4-5,11H2,1-3H3,(H2,18,19,22)/t15-/m1/s1. The van der Waals surface area contributed by atoms with Crippen LogP contribution in [-0.2, 0) is 9.53 Å². The zero-order chi connectivity index (χ0) is 16.8. The summed E-state index contributed by atoms with van der Waals surface area (Å²) >= 11 is 0. The molecule has 0 saturated carbocycles. The molecule has 0 spiro atoms. The van der Waals surface area contributed by atoms with Crippen molar-refractivity contribution in [1.82, 2.24) is 15.5 Å². The summed E-state index contributed by atoms with van der Waals surface area (Å²) in [6.07, 6.45) is 0. The summed E-state index contributed by atoms with van der Waals surface area (Å²) in [5.41, 5.74) is 1.89. The third kappa shape index (κ3) is 4.10. The molecular formula is C17H23N3O3. The van der Waals surface area contributed by atoms with Crippen LogP contribution >= 0.6 is 0 Å². The van der Waals surface area contributed by atoms with Crippen molar-refractivity contribution in [3.63, 3.8) is 0 Å². The Morgan fingerprint density at radius 1 is 1.26 bits per heavy atom. The number of carbonyl (C=O) groups is 2. The molecule has 1 aromatic carbocycles. The molecule has 0 saturated heterocycles. The van der Waals surface area contributed by atoms with Gasteiger partial charge >= 0.3 is 12.0 Å². The Hall–Kier alpha value is -2.34. The first kappa shape index (κ1) is 17.0. The third-order valence-electron chi connectivity index (χ3n) is 3.75. The Labute approximate surface area is 136 Å². The molecule has 0 unspecified atom stereocenters. The van der Waals surface area contributed by atoms with Crippen molar-refractivity contribution in [3.8, 4) is 0 Å². The van der Waals surface area contributed by atoms with Crippen LogP contribution in [0, 0.1) is 0 Å². The third-order valence-corrected chi connectivity index (χ3v) is 3.75. The van der Waals surface area contributed by atoms with E-state index in [1.54, 1.807) is 6.92 Å². The number of carbonyl (C=O) groups excluding carboxylic acids is 2. The van der Waals surface area contributed by atoms with Crippen LogP contribution in [0.25, 0.3) is 0 Å². The minimum Gasteiger partial charge on any atom is -0.463 e. The number of nitrogens with zero attached hydrogens (tertiary/aromatic N) is 1. The lowest BCUT2D eigenvalue weighted by molar-refractivity contribution is -0.139. The predicted octanol–water partition coefficient (Wildman–Crippen LogP) is 1.81. The molecule has 0 aromatic heterocycles. The van der Waals surface area contributed by atoms with Crippen LogP contribution in [0.2, 0.25) is 0 Å². The molecule has 124 valence electrons. The zero-order valence-corrected chi connectivity index (χ0v) is 13.8. The Morgan fingerprint density at radius 3 is 2.57 bits per heavy atom. The average molecular weight is 317 g/mol. The monoisotopic (exact) mass is 317 g/mol. The SMILES string of the molecule is CCOC(=O)C1=C(CN(C)CC)NC(=O)N[C@@H]1c1ccccc1. The number of hydrogen-bond acceptors (Lipinski definition) is 4. The fourth-order valence-electron chi connectivity index (χ4n) is 2.47. The number of hydrogen-bond donors (Lipinski definition) is 2. The molecule has 1 aromatic rings. The second kappa shape index (κ2) is 7.78. The van der Waals surface area contributed by atoms with E-state index in [1.165, 1.54) is 0 Å². The summed E-state index contributed by atoms with van der Waals surface area (Å²) in [5, 5.41) is 5.57. The quantitative estimate of drug-likeness (QED) is 0.785. The lowest BCUT2D eigenvalue weighted by Gasteiger charge is -2.31. The molecule has 0 bridgehead atoms. The second-order valence-corrected chi connectivity index (χ2v) is 5.39. The molecule has 1 aliphatic rings. The van der Waals surface area contributed by atoms with Gasteiger partial charge in [-0.15, -0.1) is 0 Å². The average Bonchev–Trinajstić information content (AvgIpc) is 2.55. The van der Waals surface area contributed by atoms with E-state index in [0.717, 1.165) is 12.1 Å². The van der Waals surface area contributed by atoms with Gasteiger partial charge in [-0.3, -0.25) is 0 Å². The number of nitrogens with one attached hydrogen (secondary N) is 2. The molecule has 2 amide bonds. The first-order valence-corrected chi connectivity index (χ1v) is 7.78. The number of benzene rings is 1. The molecule has 6 heteroatoms. The van der Waals surface area contributed by atoms with Crippen LogP contribution in [0.5, 0.6) is 0 Å². The van der Waals surface area contributed by atoms with Gasteiger partial charge in [0.05, 0.1) is 18.2 Å². The maximum atomic E-state index is 12.5. The first-order chi connectivity index (χ1) is 11.1. The van der Waals surface area contributed by atoms with Crippen LogP contribution in [0.3, 0.4) is 0 Å². The maximum Gasteiger partial charge on any atom is 0.338 e. The van der Waals surface area contributed by atoms with E-state index in [-0.39, 0.29) is 12.6 Å². The minimum atomic E-state index is -0.510. The van der Waals surface area contributed by atoms with Crippen molar-refractivity contribution < 1.29 is 14.3 Å². The van der Waals surface area contributed by atoms with E-state index >= 15 is 0 Å². The highest BCUT2D eigenvalue weighted by molar-refractivity contribution is 5.95. The van der Waals surface area contributed by atoms with E-state index < -0.39 is 12.0 Å². The maximum absolute atomic E-state index is 12.5. The molecule has 23 heavy (non-hydrogen) atoms. The van der Waals surface area contributed by atoms with Gasteiger partial charge in [0.25, 0.3) is 0 Å². The number of ether oxygens (including phenoxy) is 1. The van der Waals surface area contributed by atoms with E-state index in [4.69, 9.17) is 4.74 Å². The van der Waals surface area contributed by atoms with Crippen molar-refractivity contribution in [2.75, 3.05) is 26.7 Å². The molecule has 2 rings (SSSR count). The van der Waals surface area contributed by atoms with Gasteiger partial charge in [0.15, 0.2) is 0 Å². The molecule has 1 heterocycles. The zero-order valence-electron chi connectivity index (χ0n) is 13.8. The van der Waals surface area contributed by atoms with Crippen molar-refractivity contribution in [2.24, 2.45) is 0 Å². The summed E-state index contributed by atoms with van der Waals surface area (Å²) < 4.78 is 5.21. The van der Waals surface area contributed by atoms with Gasteiger partial charge in [-0.25, -0.2) is 9.59 Å². The van der Waals surface area contributed by atoms with Crippen molar-refractivity contribution in [1.29, 1.82) is 0 Å². The summed E-state index contributed by atoms with van der Waals surface area (Å²) in [4.78, 5) is 26.5. The lowest BCUT2D eigenvalue weighted by Crippen LogP contribution is -2.48. The van der Waals surface area contributed by atoms with E-state index in [9.17, 15) is 9.59 Å². The molecular weight excluding hydrogens is 294 g/mol. The highest BCUT2D eigenvalue weighted by Gasteiger charge is 2.33. The van der Waals surface area contributed by atoms with Gasteiger partial charge < -0.3 is 20.3 Å². The summed E-state index contributed by atoms with van der Waals surface area (Å²) in [7, 11) is 1.93. The molecule has 0 radical (unpaired) electrons. The minimum absolute atomic E-state index is 0.286. The van der Waals surface area contributed by atoms with Crippen LogP contribution in [0.15, 0.2) is 41.6 Å². The van der Waals surface area contributed by atoms with Gasteiger partial charge in [-0.1, -0.05) is 37.3 Å². The van der Waals surface area contributed by atoms with Crippen molar-refractivity contribution >= 4 is 12.0 Å². The molecule has 0 aliphatic carbocycles. The van der Waals surface area contributed by atoms with Crippen LogP contribution in [0.4, 0.5) is 4.79 Å². The van der Waals surface area contributed by atoms with Gasteiger partial charge in [-0.2, -0.15) is 0 Å². The number of likely N-dealkylation sites (N-methyl/N-ethyl adjacent to an activating group) is 1. The van der Waals surface area contributed by atoms with Gasteiger partial charge in [0.2, 0.25) is 0 Å². The van der Waals surface area contributed by atoms with Gasteiger partial charge in [-0.05, 0) is 26.1 Å². The topological polar surface area (TPSA) is 70.7 Å². The molecule has 0 fully saturated rings. The van der Waals surface area contributed by atoms with Crippen LogP contribution in [-0.4, -0.2) is 43.6 Å². The largest absolute Gasteiger partial charge is 0.463 e. The lowest BCUT2D eigenvalue weighted by atomic mass is 9.95. The van der Waals surface area contributed by atoms with Crippen LogP contribution in [0.1, 0.15) is 25.5 Å². The smallest absolute Gasteiger partial charge is 0.338 e. The van der Waals surface area contributed by atoms with Gasteiger partial charge in [0.1, 0.15) is 0 Å². The van der Waals surface area contributed by atoms with Crippen LogP contribution < -0.4 is 10.6 Å². The first-order valence-electron chi connectivity index (χ1n) is 7.78. The normalized spacial score (nSPS) is 17.7. The molecule has 2 N–H and O–H groups in total. The van der Waals surface area contributed by atoms with Gasteiger partial charge in [0, 0.05) is 12.2 Å². The van der Waals surface area contributed by atoms with Crippen molar-refractivity contribution in [2.45, 2.75) is 19.9 Å². The Morgan fingerprint density at radius 2 is 1.96 bits per heavy atom. The Balaban J connectivity index is 2.47. The molecule has 1 atom stereocenters. The number of rotatable bonds is 6. The van der Waals surface area contributed by atoms with Crippen molar-refractivity contribution in [3.05, 3.63) is 47.2 Å². The number of esters is 1. The van der Waals surface area contributed by atoms with E-state index in [0.29, 0.717) is 17.8 Å². The summed E-state index contributed by atoms with van der Waals surface area (Å²) in [5.74, 6) is -0.409. The second-order valence-electron chi connectivity index (χ2n) is 5.39. The highest BCUT2D eigenvalue weighted by atomic mass is 16.5. The molecule has 6 nitrogen and oxygen atoms in total. The van der Waals surface area contributed by atoms with E-state index in [1.807, 2.05) is 49.2 Å². The highest BCUT2D eigenvalue weighted by Crippen LogP contribution is 2.27. The number of urea groups is 1.